The number of rotatable bonds is 31. The monoisotopic (exact) mass is 2020 g/mol. The third-order valence-electron chi connectivity index (χ3n) is 19.7. The molecular weight excluding hydrogens is 1890 g/mol. The van der Waals surface area contributed by atoms with Crippen molar-refractivity contribution < 1.29 is 97.9 Å². The fourth-order valence-corrected chi connectivity index (χ4v) is 16.4. The molecule has 0 unspecified atom stereocenters. The number of thiophene rings is 3. The molecule has 1 aliphatic rings. The average Bonchev–Trinajstić information content (AvgIpc) is 1.54. The largest absolute Gasteiger partial charge is 0.368 e. The summed E-state index contributed by atoms with van der Waals surface area (Å²) < 4.78 is 54.8. The number of aryl methyl sites for hydroxylation is 3. The van der Waals surface area contributed by atoms with Crippen LogP contribution in [0.2, 0.25) is 0 Å². The molecule has 0 spiro atoms. The Labute approximate surface area is 810 Å². The second-order valence-corrected chi connectivity index (χ2v) is 44.0. The molecule has 1 aliphatic heterocycles. The van der Waals surface area contributed by atoms with Crippen LogP contribution in [0.5, 0.6) is 0 Å². The Morgan fingerprint density at radius 1 is 0.485 bits per heavy atom. The van der Waals surface area contributed by atoms with Gasteiger partial charge in [0.05, 0.1) is 62.3 Å². The molecule has 4 N–H and O–H groups in total. The van der Waals surface area contributed by atoms with Gasteiger partial charge in [-0.1, -0.05) is 169 Å². The van der Waals surface area contributed by atoms with Crippen molar-refractivity contribution in [2.45, 2.75) is 238 Å². The van der Waals surface area contributed by atoms with Crippen LogP contribution >= 0.6 is 64.3 Å². The van der Waals surface area contributed by atoms with Crippen LogP contribution < -0.4 is 33.7 Å². The summed E-state index contributed by atoms with van der Waals surface area (Å²) in [6.07, 6.45) is 0.820. The summed E-state index contributed by atoms with van der Waals surface area (Å²) in [6.45, 7) is 46.0. The minimum absolute atomic E-state index is 0.0181. The van der Waals surface area contributed by atoms with Crippen LogP contribution in [-0.2, 0) is 97.9 Å². The van der Waals surface area contributed by atoms with Gasteiger partial charge >= 0.3 is 94.3 Å². The minimum atomic E-state index is -1.83. The molecule has 0 radical (unpaired) electrons. The topological polar surface area (TPSA) is 392 Å². The number of carboxylic acid groups (broad SMARTS) is 1. The normalized spacial score (nSPS) is 13.3. The molecule has 7 heterocycles. The first-order chi connectivity index (χ1) is 62.7. The SMILES string of the molecule is CC(C)CO[C@@H](CO)c1ccccc1.CCOC(=O)c1sc2[nH]c(=O)n(C(C)(C)C(=O)OC(C)(C)C)c(=O)c2c1C.CCOC(=O)c1sc2c(c1C)c(=O)n(C(C)(C)C(=O)O)c(=O)n2C[C@H](OCC(C)C)c1ccccc1.CCOC(=O)c1sc2c(c1C)c(=O)n(C(C)(C)C(=O)OC(C)(C)C)c(=O)n2C[C@H](OCC(C)C)c1ccccc1.C[CH-]CO.[Cl][Fe]([Cl])[Cl].c1ccc([C@H]2CO2)cc1. The van der Waals surface area contributed by atoms with Crippen molar-refractivity contribution in [3.63, 3.8) is 0 Å². The van der Waals surface area contributed by atoms with Gasteiger partial charge in [0.1, 0.15) is 81.4 Å². The summed E-state index contributed by atoms with van der Waals surface area (Å²) in [5.41, 5.74) is -5.77. The van der Waals surface area contributed by atoms with Gasteiger partial charge in [0.2, 0.25) is 0 Å². The quantitative estimate of drug-likeness (QED) is 0.0103. The van der Waals surface area contributed by atoms with Crippen molar-refractivity contribution >= 4 is 131 Å². The van der Waals surface area contributed by atoms with Gasteiger partial charge in [-0.2, -0.15) is 6.92 Å². The van der Waals surface area contributed by atoms with Crippen LogP contribution in [0.3, 0.4) is 0 Å². The number of halogens is 3. The van der Waals surface area contributed by atoms with Gasteiger partial charge in [0.15, 0.2) is 0 Å². The molecule has 1 saturated heterocycles. The number of epoxide rings is 1. The summed E-state index contributed by atoms with van der Waals surface area (Å²) >= 11 is 1.66. The number of aromatic nitrogens is 6. The molecule has 6 aromatic heterocycles. The predicted octanol–water partition coefficient (Wildman–Crippen LogP) is 17.9. The van der Waals surface area contributed by atoms with E-state index in [4.69, 9.17) is 83.1 Å². The summed E-state index contributed by atoms with van der Waals surface area (Å²) in [7, 11) is 14.7. The van der Waals surface area contributed by atoms with E-state index in [1.54, 1.807) is 96.4 Å². The van der Waals surface area contributed by atoms with Gasteiger partial charge in [-0.15, -0.1) is 34.0 Å². The number of esters is 5. The van der Waals surface area contributed by atoms with Crippen molar-refractivity contribution in [3.05, 3.63) is 244 Å². The maximum Gasteiger partial charge on any atom is 0.106 e. The molecule has 30 nitrogen and oxygen atoms in total. The van der Waals surface area contributed by atoms with Gasteiger partial charge in [0.25, 0.3) is 16.7 Å². The first kappa shape index (κ1) is 115. The van der Waals surface area contributed by atoms with Crippen molar-refractivity contribution in [1.82, 2.24) is 27.8 Å². The Morgan fingerprint density at radius 3 is 1.09 bits per heavy atom. The number of aliphatic carboxylic acids is 1. The fourth-order valence-electron chi connectivity index (χ4n) is 12.9. The number of H-pyrrole nitrogens is 1. The molecule has 4 atom stereocenters. The minimum Gasteiger partial charge on any atom is -0.368 e. The Hall–Kier alpha value is -9.23. The zero-order valence-corrected chi connectivity index (χ0v) is 86.6. The third kappa shape index (κ3) is 31.9. The maximum atomic E-state index is 14.2. The molecule has 0 bridgehead atoms. The molecular formula is C97H129Cl3FeN6O24S3-. The fraction of sp³-hybridized carbons (Fsp3) is 0.495. The number of hydrogen-bond donors (Lipinski definition) is 4. The first-order valence-corrected chi connectivity index (χ1v) is 50.6. The van der Waals surface area contributed by atoms with Crippen LogP contribution in [0.1, 0.15) is 245 Å². The molecule has 10 aromatic rings. The van der Waals surface area contributed by atoms with Crippen LogP contribution in [-0.4, -0.2) is 150 Å². The van der Waals surface area contributed by atoms with E-state index in [0.717, 1.165) is 71.0 Å². The summed E-state index contributed by atoms with van der Waals surface area (Å²) in [5, 5.41) is 27.3. The number of carbonyl (C=O) groups is 6. The number of aromatic amines is 1. The number of nitrogens with zero attached hydrogens (tertiary/aromatic N) is 5. The van der Waals surface area contributed by atoms with Gasteiger partial charge in [-0.3, -0.25) is 28.5 Å². The molecule has 1 fully saturated rings. The average molecular weight is 2020 g/mol. The molecule has 11 rings (SSSR count). The van der Waals surface area contributed by atoms with Crippen molar-refractivity contribution in [1.29, 1.82) is 0 Å². The number of carboxylic acids is 1. The van der Waals surface area contributed by atoms with Crippen molar-refractivity contribution in [2.75, 3.05) is 59.5 Å². The zero-order valence-electron chi connectivity index (χ0n) is 80.8. The van der Waals surface area contributed by atoms with Gasteiger partial charge in [0, 0.05) is 19.8 Å². The maximum absolute atomic E-state index is 14.2. The number of benzene rings is 4. The predicted molar refractivity (Wildman–Crippen MR) is 524 cm³/mol. The number of aliphatic hydroxyl groups is 2. The van der Waals surface area contributed by atoms with E-state index >= 15 is 0 Å². The second kappa shape index (κ2) is 52.4. The van der Waals surface area contributed by atoms with Crippen molar-refractivity contribution in [2.24, 2.45) is 17.8 Å². The van der Waals surface area contributed by atoms with Crippen molar-refractivity contribution in [3.8, 4) is 0 Å². The molecule has 739 valence electrons. The van der Waals surface area contributed by atoms with E-state index in [9.17, 15) is 62.6 Å². The third-order valence-corrected chi connectivity index (χ3v) is 23.5. The van der Waals surface area contributed by atoms with E-state index in [1.807, 2.05) is 137 Å². The Bertz CT molecular complexity index is 5940. The number of aliphatic hydroxyl groups excluding tert-OH is 2. The molecule has 0 amide bonds. The van der Waals surface area contributed by atoms with Gasteiger partial charge in [-0.05, 0) is 181 Å². The van der Waals surface area contributed by atoms with Crippen LogP contribution in [0.4, 0.5) is 0 Å². The van der Waals surface area contributed by atoms with E-state index < -0.39 is 121 Å². The summed E-state index contributed by atoms with van der Waals surface area (Å²) in [6, 6.07) is 39.0. The number of carbonyl (C=O) groups excluding carboxylic acids is 5. The second-order valence-electron chi connectivity index (χ2n) is 35.6. The van der Waals surface area contributed by atoms with E-state index in [2.05, 4.69) is 31.0 Å². The number of fused-ring (bicyclic) bond motifs is 3. The smallest absolute Gasteiger partial charge is 0.106 e. The van der Waals surface area contributed by atoms with E-state index in [-0.39, 0.29) is 105 Å². The molecule has 0 aliphatic carbocycles. The Kier molecular flexibility index (Phi) is 45.0. The standard InChI is InChI=1S/C30H40N2O7S.C26H32N2O7S.C18H24N2O6S.C12H18O2.C8H8O.C3H7O.3ClH.Fe/c1-10-37-26(34)23-19(4)22-24(33)32(30(8,9)27(35)39-29(5,6)7)28(36)31(25(22)40-23)16-21(38-17-18(2)3)20-14-12-11-13-15-20;1-7-34-23(30)20-16(4)19-21(29)28(26(5,6)24(31)32)25(33)27(22(19)36-20)13-18(35-14-15(2)3)17-11-9-8-10-12-17;1-8-25-14(22)11-9(2)10-12(27-11)19-16(24)20(13(10)21)18(6,7)15(23)26-17(3,4)5;1-10(2)9-14-12(8-13)11-6-4-3-5-7-11;1-2-4-7(5-3-1)8-6-9-8;1-2-3-4;;;;/h11-15,18,21H,10,16-17H2,1-9H3;8-12,15,18H,7,13-14H2,1-6H3,(H,31,32);8H2,1-7H3,(H,19,24);3-7,10,12-13H,8-9H2,1-2H3;1-5,8H,6H2;2,4H,3H2,1H3;3*1H;/q;;;;;-1;;;;+3/p-3/t21-;18-;;12-;8-;;;;;/m00.01...../s1. The summed E-state index contributed by atoms with van der Waals surface area (Å²) in [4.78, 5) is 161. The summed E-state index contributed by atoms with van der Waals surface area (Å²) in [5.74, 6) is -3.54. The van der Waals surface area contributed by atoms with Crippen LogP contribution in [0.25, 0.3) is 30.6 Å². The number of hydrogen-bond acceptors (Lipinski definition) is 26. The number of ether oxygens (including phenoxy) is 9. The van der Waals surface area contributed by atoms with Gasteiger partial charge in [-0.25, -0.2) is 56.9 Å². The Morgan fingerprint density at radius 2 is 0.784 bits per heavy atom. The zero-order chi connectivity index (χ0) is 101. The van der Waals surface area contributed by atoms with E-state index in [0.29, 0.717) is 53.4 Å². The molecule has 0 saturated carbocycles. The molecule has 37 heteroatoms. The molecule has 4 aromatic carbocycles. The molecule has 134 heavy (non-hydrogen) atoms. The van der Waals surface area contributed by atoms with Crippen LogP contribution in [0.15, 0.2) is 150 Å². The Balaban J connectivity index is 0.000000308. The van der Waals surface area contributed by atoms with Crippen LogP contribution in [0, 0.1) is 44.9 Å². The first-order valence-electron chi connectivity index (χ1n) is 43.6. The number of nitrogens with one attached hydrogen (secondary N) is 1. The van der Waals surface area contributed by atoms with Gasteiger partial charge < -0.3 is 64.4 Å². The van der Waals surface area contributed by atoms with E-state index in [1.165, 1.54) is 56.2 Å².